The molecule has 0 aromatic heterocycles. The van der Waals surface area contributed by atoms with E-state index in [2.05, 4.69) is 10.6 Å². The van der Waals surface area contributed by atoms with E-state index in [1.807, 2.05) is 42.5 Å². The van der Waals surface area contributed by atoms with E-state index < -0.39 is 0 Å². The van der Waals surface area contributed by atoms with Crippen LogP contribution in [0, 0.1) is 0 Å². The van der Waals surface area contributed by atoms with Crippen molar-refractivity contribution >= 4 is 28.6 Å². The monoisotopic (exact) mass is 341 g/mol. The second-order valence-corrected chi connectivity index (χ2v) is 6.12. The minimum Gasteiger partial charge on any atom is -0.450 e. The van der Waals surface area contributed by atoms with Crippen molar-refractivity contribution in [2.75, 3.05) is 25.0 Å². The molecule has 132 valence electrons. The SMILES string of the molecule is CCOC(=O)N1CCC(NC(=O)Nc2ccc3ccccc3c2)CC1. The third kappa shape index (κ3) is 4.41. The lowest BCUT2D eigenvalue weighted by atomic mass is 10.1. The van der Waals surface area contributed by atoms with Crippen LogP contribution in [-0.4, -0.2) is 42.8 Å². The van der Waals surface area contributed by atoms with Gasteiger partial charge in [0.25, 0.3) is 0 Å². The van der Waals surface area contributed by atoms with Crippen LogP contribution in [0.25, 0.3) is 10.8 Å². The lowest BCUT2D eigenvalue weighted by molar-refractivity contribution is 0.0959. The number of rotatable bonds is 3. The zero-order valence-electron chi connectivity index (χ0n) is 14.3. The van der Waals surface area contributed by atoms with Crippen LogP contribution in [0.5, 0.6) is 0 Å². The van der Waals surface area contributed by atoms with Crippen LogP contribution in [-0.2, 0) is 4.74 Å². The summed E-state index contributed by atoms with van der Waals surface area (Å²) in [5.74, 6) is 0. The number of anilines is 1. The summed E-state index contributed by atoms with van der Waals surface area (Å²) in [7, 11) is 0. The molecular weight excluding hydrogens is 318 g/mol. The van der Waals surface area contributed by atoms with E-state index in [9.17, 15) is 9.59 Å². The summed E-state index contributed by atoms with van der Waals surface area (Å²) in [5.41, 5.74) is 0.764. The maximum Gasteiger partial charge on any atom is 0.409 e. The fraction of sp³-hybridized carbons (Fsp3) is 0.368. The predicted octanol–water partition coefficient (Wildman–Crippen LogP) is 3.58. The van der Waals surface area contributed by atoms with E-state index in [1.54, 1.807) is 11.8 Å². The van der Waals surface area contributed by atoms with E-state index in [-0.39, 0.29) is 18.2 Å². The number of urea groups is 1. The highest BCUT2D eigenvalue weighted by Crippen LogP contribution is 2.19. The average Bonchev–Trinajstić information content (AvgIpc) is 2.62. The molecule has 0 bridgehead atoms. The molecule has 1 saturated heterocycles. The summed E-state index contributed by atoms with van der Waals surface area (Å²) in [6.45, 7) is 3.37. The lowest BCUT2D eigenvalue weighted by Gasteiger charge is -2.31. The average molecular weight is 341 g/mol. The fourth-order valence-electron chi connectivity index (χ4n) is 3.04. The third-order valence-corrected chi connectivity index (χ3v) is 4.36. The van der Waals surface area contributed by atoms with Gasteiger partial charge in [0, 0.05) is 24.8 Å². The van der Waals surface area contributed by atoms with Crippen LogP contribution in [0.4, 0.5) is 15.3 Å². The molecule has 0 saturated carbocycles. The number of benzene rings is 2. The van der Waals surface area contributed by atoms with Gasteiger partial charge in [-0.2, -0.15) is 0 Å². The van der Waals surface area contributed by atoms with Crippen molar-refractivity contribution in [3.05, 3.63) is 42.5 Å². The Hall–Kier alpha value is -2.76. The van der Waals surface area contributed by atoms with Gasteiger partial charge in [0.15, 0.2) is 0 Å². The molecule has 0 atom stereocenters. The van der Waals surface area contributed by atoms with Crippen molar-refractivity contribution in [3.8, 4) is 0 Å². The molecule has 6 nitrogen and oxygen atoms in total. The van der Waals surface area contributed by atoms with Crippen LogP contribution in [0.2, 0.25) is 0 Å². The third-order valence-electron chi connectivity index (χ3n) is 4.36. The molecule has 25 heavy (non-hydrogen) atoms. The highest BCUT2D eigenvalue weighted by atomic mass is 16.6. The lowest BCUT2D eigenvalue weighted by Crippen LogP contribution is -2.47. The van der Waals surface area contributed by atoms with Crippen molar-refractivity contribution in [1.29, 1.82) is 0 Å². The Morgan fingerprint density at radius 2 is 1.84 bits per heavy atom. The number of ether oxygens (including phenoxy) is 1. The van der Waals surface area contributed by atoms with Crippen LogP contribution in [0.1, 0.15) is 19.8 Å². The van der Waals surface area contributed by atoms with E-state index in [1.165, 1.54) is 0 Å². The number of fused-ring (bicyclic) bond motifs is 1. The Morgan fingerprint density at radius 3 is 2.56 bits per heavy atom. The quantitative estimate of drug-likeness (QED) is 0.896. The minimum absolute atomic E-state index is 0.0612. The Balaban J connectivity index is 1.50. The molecule has 6 heteroatoms. The Morgan fingerprint density at radius 1 is 1.12 bits per heavy atom. The van der Waals surface area contributed by atoms with Gasteiger partial charge < -0.3 is 20.3 Å². The Labute approximate surface area is 147 Å². The van der Waals surface area contributed by atoms with E-state index in [0.29, 0.717) is 19.7 Å². The minimum atomic E-state index is -0.276. The number of likely N-dealkylation sites (tertiary alicyclic amines) is 1. The molecule has 1 heterocycles. The van der Waals surface area contributed by atoms with Crippen molar-refractivity contribution in [1.82, 2.24) is 10.2 Å². The second-order valence-electron chi connectivity index (χ2n) is 6.12. The first kappa shape index (κ1) is 17.1. The number of carbonyl (C=O) groups is 2. The molecule has 3 amide bonds. The molecule has 1 aliphatic rings. The highest BCUT2D eigenvalue weighted by molar-refractivity contribution is 5.93. The summed E-state index contributed by atoms with van der Waals surface area (Å²) in [4.78, 5) is 25.6. The first-order valence-electron chi connectivity index (χ1n) is 8.63. The van der Waals surface area contributed by atoms with Gasteiger partial charge in [-0.3, -0.25) is 0 Å². The van der Waals surface area contributed by atoms with E-state index >= 15 is 0 Å². The molecule has 0 aliphatic carbocycles. The molecule has 0 spiro atoms. The van der Waals surface area contributed by atoms with Gasteiger partial charge >= 0.3 is 12.1 Å². The van der Waals surface area contributed by atoms with Crippen LogP contribution in [0.3, 0.4) is 0 Å². The maximum atomic E-state index is 12.2. The summed E-state index contributed by atoms with van der Waals surface area (Å²) in [5, 5.41) is 8.08. The number of amides is 3. The van der Waals surface area contributed by atoms with E-state index in [4.69, 9.17) is 4.74 Å². The first-order chi connectivity index (χ1) is 12.2. The Bertz CT molecular complexity index is 754. The molecule has 2 N–H and O–H groups in total. The normalized spacial score (nSPS) is 15.0. The predicted molar refractivity (Wildman–Crippen MR) is 97.7 cm³/mol. The van der Waals surface area contributed by atoms with Gasteiger partial charge in [-0.25, -0.2) is 9.59 Å². The summed E-state index contributed by atoms with van der Waals surface area (Å²) in [6.07, 6.45) is 1.18. The molecule has 3 rings (SSSR count). The highest BCUT2D eigenvalue weighted by Gasteiger charge is 2.24. The number of piperidine rings is 1. The molecule has 0 radical (unpaired) electrons. The van der Waals surface area contributed by atoms with Crippen LogP contribution < -0.4 is 10.6 Å². The molecule has 1 aliphatic heterocycles. The van der Waals surface area contributed by atoms with Crippen molar-refractivity contribution in [3.63, 3.8) is 0 Å². The largest absolute Gasteiger partial charge is 0.450 e. The first-order valence-corrected chi connectivity index (χ1v) is 8.63. The number of nitrogens with one attached hydrogen (secondary N) is 2. The number of nitrogens with zero attached hydrogens (tertiary/aromatic N) is 1. The van der Waals surface area contributed by atoms with Crippen molar-refractivity contribution in [2.45, 2.75) is 25.8 Å². The van der Waals surface area contributed by atoms with Gasteiger partial charge in [-0.15, -0.1) is 0 Å². The molecule has 1 fully saturated rings. The zero-order chi connectivity index (χ0) is 17.6. The van der Waals surface area contributed by atoms with Crippen LogP contribution >= 0.6 is 0 Å². The van der Waals surface area contributed by atoms with Crippen LogP contribution in [0.15, 0.2) is 42.5 Å². The summed E-state index contributed by atoms with van der Waals surface area (Å²) in [6, 6.07) is 13.7. The van der Waals surface area contributed by atoms with Gasteiger partial charge in [0.05, 0.1) is 6.61 Å². The second kappa shape index (κ2) is 7.88. The summed E-state index contributed by atoms with van der Waals surface area (Å²) >= 11 is 0. The van der Waals surface area contributed by atoms with Gasteiger partial charge in [-0.1, -0.05) is 30.3 Å². The van der Waals surface area contributed by atoms with Gasteiger partial charge in [0.2, 0.25) is 0 Å². The van der Waals surface area contributed by atoms with Gasteiger partial charge in [-0.05, 0) is 42.7 Å². The molecular formula is C19H23N3O3. The number of hydrogen-bond acceptors (Lipinski definition) is 3. The standard InChI is InChI=1S/C19H23N3O3/c1-2-25-19(24)22-11-9-16(10-12-22)20-18(23)21-17-8-7-14-5-3-4-6-15(14)13-17/h3-8,13,16H,2,9-12H2,1H3,(H2,20,21,23). The zero-order valence-corrected chi connectivity index (χ0v) is 14.3. The van der Waals surface area contributed by atoms with Crippen molar-refractivity contribution < 1.29 is 14.3 Å². The number of hydrogen-bond donors (Lipinski definition) is 2. The van der Waals surface area contributed by atoms with Crippen molar-refractivity contribution in [2.24, 2.45) is 0 Å². The van der Waals surface area contributed by atoms with E-state index in [0.717, 1.165) is 29.3 Å². The molecule has 0 unspecified atom stereocenters. The topological polar surface area (TPSA) is 70.7 Å². The Kier molecular flexibility index (Phi) is 5.38. The smallest absolute Gasteiger partial charge is 0.409 e. The molecule has 2 aromatic carbocycles. The molecule has 2 aromatic rings. The maximum absolute atomic E-state index is 12.2. The number of carbonyl (C=O) groups excluding carboxylic acids is 2. The summed E-state index contributed by atoms with van der Waals surface area (Å²) < 4.78 is 5.00. The fourth-order valence-corrected chi connectivity index (χ4v) is 3.04. The van der Waals surface area contributed by atoms with Gasteiger partial charge in [0.1, 0.15) is 0 Å².